The molecule has 0 saturated carbocycles. The second-order valence-electron chi connectivity index (χ2n) is 3.41. The second-order valence-corrected chi connectivity index (χ2v) is 3.41. The second kappa shape index (κ2) is 3.85. The lowest BCUT2D eigenvalue weighted by atomic mass is 9.89. The number of halogens is 1. The van der Waals surface area contributed by atoms with Gasteiger partial charge in [-0.1, -0.05) is 17.6 Å². The molecular weight excluding hydrogens is 188 g/mol. The molecule has 15 heavy (non-hydrogen) atoms. The van der Waals surface area contributed by atoms with Crippen LogP contribution in [0.1, 0.15) is 5.56 Å². The molecule has 0 N–H and O–H groups in total. The quantitative estimate of drug-likeness (QED) is 0.637. The summed E-state index contributed by atoms with van der Waals surface area (Å²) in [5.74, 6) is -0.242. The van der Waals surface area contributed by atoms with Crippen molar-refractivity contribution < 1.29 is 4.39 Å². The van der Waals surface area contributed by atoms with Gasteiger partial charge >= 0.3 is 0 Å². The van der Waals surface area contributed by atoms with E-state index in [1.807, 2.05) is 6.92 Å². The zero-order valence-corrected chi connectivity index (χ0v) is 8.37. The molecule has 0 amide bonds. The van der Waals surface area contributed by atoms with Crippen molar-refractivity contribution in [2.45, 2.75) is 6.92 Å². The highest BCUT2D eigenvalue weighted by Crippen LogP contribution is 2.20. The summed E-state index contributed by atoms with van der Waals surface area (Å²) in [5.41, 5.74) is 3.48. The fourth-order valence-corrected chi connectivity index (χ4v) is 1.46. The van der Waals surface area contributed by atoms with Gasteiger partial charge in [0.15, 0.2) is 0 Å². The van der Waals surface area contributed by atoms with Gasteiger partial charge in [-0.25, -0.2) is 4.39 Å². The predicted molar refractivity (Wildman–Crippen MR) is 59.8 cm³/mol. The Kier molecular flexibility index (Phi) is 2.54. The molecule has 0 aliphatic heterocycles. The van der Waals surface area contributed by atoms with Crippen molar-refractivity contribution in [1.29, 1.82) is 0 Å². The molecular formula is C12H9BFN. The number of hydrogen-bond acceptors (Lipinski definition) is 1. The Morgan fingerprint density at radius 1 is 1.13 bits per heavy atom. The molecule has 0 saturated heterocycles. The summed E-state index contributed by atoms with van der Waals surface area (Å²) in [6.45, 7) is 1.93. The molecule has 1 nitrogen and oxygen atoms in total. The largest absolute Gasteiger partial charge is 0.265 e. The molecule has 2 aromatic rings. The van der Waals surface area contributed by atoms with E-state index in [9.17, 15) is 4.39 Å². The molecule has 0 spiro atoms. The van der Waals surface area contributed by atoms with Crippen LogP contribution in [0.25, 0.3) is 11.1 Å². The van der Waals surface area contributed by atoms with Crippen molar-refractivity contribution in [3.8, 4) is 11.1 Å². The lowest BCUT2D eigenvalue weighted by molar-refractivity contribution is 0.628. The number of rotatable bonds is 1. The minimum absolute atomic E-state index is 0.242. The molecule has 72 valence electrons. The maximum Gasteiger partial charge on any atom is 0.123 e. The molecule has 0 bridgehead atoms. The van der Waals surface area contributed by atoms with Gasteiger partial charge in [-0.05, 0) is 30.2 Å². The molecule has 0 aliphatic carbocycles. The molecule has 2 rings (SSSR count). The zero-order valence-electron chi connectivity index (χ0n) is 8.37. The molecule has 3 heteroatoms. The molecule has 0 atom stereocenters. The van der Waals surface area contributed by atoms with Crippen molar-refractivity contribution in [2.24, 2.45) is 0 Å². The first-order valence-electron chi connectivity index (χ1n) is 4.64. The minimum atomic E-state index is -0.242. The van der Waals surface area contributed by atoms with Gasteiger partial charge in [0.05, 0.1) is 0 Å². The summed E-state index contributed by atoms with van der Waals surface area (Å²) >= 11 is 0. The minimum Gasteiger partial charge on any atom is -0.265 e. The molecule has 0 aliphatic rings. The number of benzene rings is 1. The lowest BCUT2D eigenvalue weighted by Gasteiger charge is -2.07. The first-order valence-corrected chi connectivity index (χ1v) is 4.64. The van der Waals surface area contributed by atoms with Crippen LogP contribution in [0.5, 0.6) is 0 Å². The van der Waals surface area contributed by atoms with Gasteiger partial charge in [0.25, 0.3) is 0 Å². The van der Waals surface area contributed by atoms with Crippen LogP contribution in [0.2, 0.25) is 0 Å². The van der Waals surface area contributed by atoms with E-state index in [2.05, 4.69) is 4.98 Å². The van der Waals surface area contributed by atoms with Gasteiger partial charge in [0.2, 0.25) is 0 Å². The highest BCUT2D eigenvalue weighted by atomic mass is 19.1. The number of nitrogens with zero attached hydrogens (tertiary/aromatic N) is 1. The van der Waals surface area contributed by atoms with Crippen LogP contribution in [0, 0.1) is 12.7 Å². The van der Waals surface area contributed by atoms with Crippen LogP contribution in [0.3, 0.4) is 0 Å². The van der Waals surface area contributed by atoms with Gasteiger partial charge in [0, 0.05) is 18.0 Å². The molecule has 1 heterocycles. The topological polar surface area (TPSA) is 12.9 Å². The van der Waals surface area contributed by atoms with Crippen molar-refractivity contribution in [3.63, 3.8) is 0 Å². The number of aromatic nitrogens is 1. The van der Waals surface area contributed by atoms with E-state index in [1.54, 1.807) is 24.5 Å². The fraction of sp³-hybridized carbons (Fsp3) is 0.0833. The molecule has 1 aromatic carbocycles. The Labute approximate surface area is 89.4 Å². The Balaban J connectivity index is 2.54. The third-order valence-corrected chi connectivity index (χ3v) is 2.41. The van der Waals surface area contributed by atoms with Gasteiger partial charge in [0.1, 0.15) is 13.7 Å². The molecule has 0 unspecified atom stereocenters. The SMILES string of the molecule is [B]c1cncc(-c2ccc(F)cc2)c1C. The number of pyridine rings is 1. The highest BCUT2D eigenvalue weighted by molar-refractivity contribution is 6.33. The van der Waals surface area contributed by atoms with E-state index in [-0.39, 0.29) is 5.82 Å². The van der Waals surface area contributed by atoms with Gasteiger partial charge in [-0.2, -0.15) is 0 Å². The van der Waals surface area contributed by atoms with E-state index >= 15 is 0 Å². The third kappa shape index (κ3) is 1.91. The van der Waals surface area contributed by atoms with Crippen LogP contribution in [0.15, 0.2) is 36.7 Å². The van der Waals surface area contributed by atoms with Crippen LogP contribution in [-0.4, -0.2) is 12.8 Å². The van der Waals surface area contributed by atoms with Crippen molar-refractivity contribution >= 4 is 13.3 Å². The van der Waals surface area contributed by atoms with Crippen LogP contribution in [0.4, 0.5) is 4.39 Å². The Hall–Kier alpha value is -1.64. The molecule has 1 aromatic heterocycles. The van der Waals surface area contributed by atoms with Crippen molar-refractivity contribution in [2.75, 3.05) is 0 Å². The maximum absolute atomic E-state index is 12.7. The van der Waals surface area contributed by atoms with E-state index in [4.69, 9.17) is 7.85 Å². The van der Waals surface area contributed by atoms with E-state index in [0.29, 0.717) is 5.46 Å². The van der Waals surface area contributed by atoms with Crippen LogP contribution >= 0.6 is 0 Å². The summed E-state index contributed by atoms with van der Waals surface area (Å²) in [6.07, 6.45) is 3.35. The smallest absolute Gasteiger partial charge is 0.123 e. The summed E-state index contributed by atoms with van der Waals surface area (Å²) < 4.78 is 12.7. The summed E-state index contributed by atoms with van der Waals surface area (Å²) in [5, 5.41) is 0. The summed E-state index contributed by atoms with van der Waals surface area (Å²) in [4.78, 5) is 4.03. The fourth-order valence-electron chi connectivity index (χ4n) is 1.46. The van der Waals surface area contributed by atoms with Crippen molar-refractivity contribution in [3.05, 3.63) is 48.0 Å². The monoisotopic (exact) mass is 197 g/mol. The molecule has 2 radical (unpaired) electrons. The Morgan fingerprint density at radius 3 is 2.47 bits per heavy atom. The summed E-state index contributed by atoms with van der Waals surface area (Å²) in [6, 6.07) is 6.30. The van der Waals surface area contributed by atoms with Gasteiger partial charge in [-0.3, -0.25) is 4.98 Å². The lowest BCUT2D eigenvalue weighted by Crippen LogP contribution is -2.09. The average molecular weight is 197 g/mol. The molecule has 0 fully saturated rings. The first-order chi connectivity index (χ1) is 7.18. The Bertz CT molecular complexity index is 479. The first kappa shape index (κ1) is 9.90. The highest BCUT2D eigenvalue weighted by Gasteiger charge is 2.03. The van der Waals surface area contributed by atoms with Crippen LogP contribution in [-0.2, 0) is 0 Å². The Morgan fingerprint density at radius 2 is 1.80 bits per heavy atom. The van der Waals surface area contributed by atoms with E-state index in [0.717, 1.165) is 16.7 Å². The van der Waals surface area contributed by atoms with Crippen molar-refractivity contribution in [1.82, 2.24) is 4.98 Å². The number of hydrogen-bond donors (Lipinski definition) is 0. The average Bonchev–Trinajstić information content (AvgIpc) is 2.24. The normalized spacial score (nSPS) is 10.3. The third-order valence-electron chi connectivity index (χ3n) is 2.41. The summed E-state index contributed by atoms with van der Waals surface area (Å²) in [7, 11) is 5.75. The maximum atomic E-state index is 12.7. The predicted octanol–water partition coefficient (Wildman–Crippen LogP) is 1.99. The van der Waals surface area contributed by atoms with Crippen LogP contribution < -0.4 is 5.46 Å². The zero-order chi connectivity index (χ0) is 10.8. The standard InChI is InChI=1S/C12H9BFN/c1-8-11(6-15-7-12(8)13)9-2-4-10(14)5-3-9/h2-7H,1H3. The van der Waals surface area contributed by atoms with Gasteiger partial charge in [-0.15, -0.1) is 0 Å². The van der Waals surface area contributed by atoms with E-state index < -0.39 is 0 Å². The van der Waals surface area contributed by atoms with E-state index in [1.165, 1.54) is 12.1 Å². The van der Waals surface area contributed by atoms with Gasteiger partial charge < -0.3 is 0 Å².